The number of ether oxygens (including phenoxy) is 2. The molecule has 3 heteroatoms. The minimum Gasteiger partial charge on any atom is -0.462 e. The molecule has 0 saturated heterocycles. The van der Waals surface area contributed by atoms with Gasteiger partial charge in [-0.05, 0) is 74.8 Å². The molecule has 1 aliphatic carbocycles. The Morgan fingerprint density at radius 1 is 1.06 bits per heavy atom. The number of hydrogen-bond donors (Lipinski definition) is 0. The van der Waals surface area contributed by atoms with Crippen LogP contribution in [0.5, 0.6) is 0 Å². The Hall–Kier alpha value is -1.87. The molecular weight excluding hydrogens is 420 g/mol. The average molecular weight is 469 g/mol. The van der Waals surface area contributed by atoms with E-state index in [0.29, 0.717) is 18.8 Å². The van der Waals surface area contributed by atoms with E-state index in [1.807, 2.05) is 0 Å². The second-order valence-electron chi connectivity index (χ2n) is 10.3. The first kappa shape index (κ1) is 28.4. The van der Waals surface area contributed by atoms with Crippen LogP contribution < -0.4 is 0 Å². The van der Waals surface area contributed by atoms with Crippen molar-refractivity contribution in [3.05, 3.63) is 53.6 Å². The summed E-state index contributed by atoms with van der Waals surface area (Å²) in [6, 6.07) is 9.05. The van der Waals surface area contributed by atoms with Crippen LogP contribution >= 0.6 is 0 Å². The lowest BCUT2D eigenvalue weighted by Gasteiger charge is -2.26. The number of esters is 1. The molecule has 190 valence electrons. The Bertz CT molecular complexity index is 726. The minimum atomic E-state index is -0.315. The van der Waals surface area contributed by atoms with Crippen LogP contribution in [0, 0.1) is 17.8 Å². The summed E-state index contributed by atoms with van der Waals surface area (Å²) < 4.78 is 10.6. The van der Waals surface area contributed by atoms with E-state index in [1.54, 1.807) is 14.0 Å². The molecule has 1 unspecified atom stereocenters. The number of benzene rings is 1. The van der Waals surface area contributed by atoms with Crippen molar-refractivity contribution < 1.29 is 14.3 Å². The van der Waals surface area contributed by atoms with Gasteiger partial charge in [-0.1, -0.05) is 82.0 Å². The van der Waals surface area contributed by atoms with Gasteiger partial charge in [0.15, 0.2) is 0 Å². The zero-order valence-electron chi connectivity index (χ0n) is 22.0. The fourth-order valence-corrected chi connectivity index (χ4v) is 4.92. The second kappa shape index (κ2) is 16.7. The van der Waals surface area contributed by atoms with Crippen molar-refractivity contribution in [1.82, 2.24) is 0 Å². The highest BCUT2D eigenvalue weighted by Gasteiger charge is 2.19. The molecule has 1 fully saturated rings. The summed E-state index contributed by atoms with van der Waals surface area (Å²) in [4.78, 5) is 11.6. The van der Waals surface area contributed by atoms with E-state index in [4.69, 9.17) is 9.47 Å². The predicted octanol–water partition coefficient (Wildman–Crippen LogP) is 8.18. The van der Waals surface area contributed by atoms with Crippen molar-refractivity contribution in [2.24, 2.45) is 17.8 Å². The van der Waals surface area contributed by atoms with Gasteiger partial charge in [-0.3, -0.25) is 0 Å². The lowest BCUT2D eigenvalue weighted by Crippen LogP contribution is -2.18. The van der Waals surface area contributed by atoms with Crippen LogP contribution in [-0.2, 0) is 20.7 Å². The first-order chi connectivity index (χ1) is 16.5. The topological polar surface area (TPSA) is 35.5 Å². The maximum Gasteiger partial charge on any atom is 0.333 e. The van der Waals surface area contributed by atoms with E-state index in [2.05, 4.69) is 49.9 Å². The van der Waals surface area contributed by atoms with Crippen molar-refractivity contribution in [2.45, 2.75) is 90.9 Å². The highest BCUT2D eigenvalue weighted by molar-refractivity contribution is 5.86. The highest BCUT2D eigenvalue weighted by Crippen LogP contribution is 2.33. The number of carbonyl (C=O) groups excluding carboxylic acids is 1. The minimum absolute atomic E-state index is 0.243. The lowest BCUT2D eigenvalue weighted by molar-refractivity contribution is -0.140. The molecule has 1 atom stereocenters. The molecule has 0 bridgehead atoms. The van der Waals surface area contributed by atoms with Crippen LogP contribution in [0.15, 0.2) is 42.5 Å². The number of unbranched alkanes of at least 4 members (excludes halogenated alkanes) is 3. The number of aryl methyl sites for hydroxylation is 1. The third-order valence-corrected chi connectivity index (χ3v) is 7.18. The van der Waals surface area contributed by atoms with E-state index in [-0.39, 0.29) is 11.9 Å². The Morgan fingerprint density at radius 2 is 1.79 bits per heavy atom. The van der Waals surface area contributed by atoms with E-state index in [0.717, 1.165) is 37.5 Å². The molecule has 1 aliphatic rings. The quantitative estimate of drug-likeness (QED) is 0.139. The SMILES string of the molecule is C=C(C)C(=O)OCC(CCCCc1ccc(/C=C/C2CCC(CCCCC)CC2)cc1)COC. The van der Waals surface area contributed by atoms with E-state index >= 15 is 0 Å². The van der Waals surface area contributed by atoms with Crippen molar-refractivity contribution >= 4 is 12.0 Å². The van der Waals surface area contributed by atoms with Gasteiger partial charge in [0.2, 0.25) is 0 Å². The van der Waals surface area contributed by atoms with Gasteiger partial charge in [-0.2, -0.15) is 0 Å². The predicted molar refractivity (Wildman–Crippen MR) is 144 cm³/mol. The van der Waals surface area contributed by atoms with Gasteiger partial charge in [0.25, 0.3) is 0 Å². The zero-order chi connectivity index (χ0) is 24.6. The van der Waals surface area contributed by atoms with Gasteiger partial charge in [-0.25, -0.2) is 4.79 Å². The average Bonchev–Trinajstić information content (AvgIpc) is 2.85. The molecule has 2 rings (SSSR count). The lowest BCUT2D eigenvalue weighted by atomic mass is 9.79. The molecule has 0 amide bonds. The van der Waals surface area contributed by atoms with Crippen molar-refractivity contribution in [1.29, 1.82) is 0 Å². The van der Waals surface area contributed by atoms with Crippen molar-refractivity contribution in [2.75, 3.05) is 20.3 Å². The van der Waals surface area contributed by atoms with Crippen molar-refractivity contribution in [3.63, 3.8) is 0 Å². The van der Waals surface area contributed by atoms with Gasteiger partial charge >= 0.3 is 5.97 Å². The molecule has 0 heterocycles. The Kier molecular flexibility index (Phi) is 13.9. The first-order valence-electron chi connectivity index (χ1n) is 13.6. The van der Waals surface area contributed by atoms with E-state index in [9.17, 15) is 4.79 Å². The van der Waals surface area contributed by atoms with Gasteiger partial charge < -0.3 is 9.47 Å². The molecule has 3 nitrogen and oxygen atoms in total. The van der Waals surface area contributed by atoms with Crippen LogP contribution in [0.3, 0.4) is 0 Å². The number of methoxy groups -OCH3 is 1. The molecular formula is C31H48O3. The Morgan fingerprint density at radius 3 is 2.44 bits per heavy atom. The summed E-state index contributed by atoms with van der Waals surface area (Å²) >= 11 is 0. The summed E-state index contributed by atoms with van der Waals surface area (Å²) in [6.07, 6.45) is 20.2. The summed E-state index contributed by atoms with van der Waals surface area (Å²) in [5, 5.41) is 0. The Balaban J connectivity index is 1.65. The van der Waals surface area contributed by atoms with E-state index < -0.39 is 0 Å². The van der Waals surface area contributed by atoms with Gasteiger partial charge in [0.05, 0.1) is 13.2 Å². The standard InChI is InChI=1S/C31H48O3/c1-5-6-7-10-26-13-17-28(18-14-26)21-22-29-19-15-27(16-20-29)11-8-9-12-30(23-33-4)24-34-31(32)25(2)3/h15-16,19-22,26,28,30H,2,5-14,17-18,23-24H2,1,3-4H3/b22-21+. The number of rotatable bonds is 16. The fraction of sp³-hybridized carbons (Fsp3) is 0.645. The summed E-state index contributed by atoms with van der Waals surface area (Å²) in [7, 11) is 1.70. The second-order valence-corrected chi connectivity index (χ2v) is 10.3. The van der Waals surface area contributed by atoms with Crippen LogP contribution in [0.25, 0.3) is 6.08 Å². The molecule has 0 aromatic heterocycles. The first-order valence-corrected chi connectivity index (χ1v) is 13.6. The normalized spacial score (nSPS) is 19.3. The molecule has 0 radical (unpaired) electrons. The molecule has 0 aliphatic heterocycles. The maximum absolute atomic E-state index is 11.6. The third-order valence-electron chi connectivity index (χ3n) is 7.18. The van der Waals surface area contributed by atoms with Crippen LogP contribution in [-0.4, -0.2) is 26.3 Å². The van der Waals surface area contributed by atoms with Gasteiger partial charge in [-0.15, -0.1) is 0 Å². The smallest absolute Gasteiger partial charge is 0.333 e. The molecule has 0 spiro atoms. The van der Waals surface area contributed by atoms with Gasteiger partial charge in [0.1, 0.15) is 0 Å². The largest absolute Gasteiger partial charge is 0.462 e. The molecule has 1 saturated carbocycles. The van der Waals surface area contributed by atoms with Crippen LogP contribution in [0.2, 0.25) is 0 Å². The number of hydrogen-bond acceptors (Lipinski definition) is 3. The Labute approximate surface area is 209 Å². The monoisotopic (exact) mass is 468 g/mol. The summed E-state index contributed by atoms with van der Waals surface area (Å²) in [6.45, 7) is 8.62. The number of carbonyl (C=O) groups is 1. The fourth-order valence-electron chi connectivity index (χ4n) is 4.92. The summed E-state index contributed by atoms with van der Waals surface area (Å²) in [5.74, 6) is 1.67. The molecule has 0 N–H and O–H groups in total. The van der Waals surface area contributed by atoms with Crippen LogP contribution in [0.4, 0.5) is 0 Å². The maximum atomic E-state index is 11.6. The highest BCUT2D eigenvalue weighted by atomic mass is 16.5. The van der Waals surface area contributed by atoms with Crippen LogP contribution in [0.1, 0.15) is 95.6 Å². The summed E-state index contributed by atoms with van der Waals surface area (Å²) in [5.41, 5.74) is 3.15. The molecule has 1 aromatic rings. The van der Waals surface area contributed by atoms with E-state index in [1.165, 1.54) is 62.5 Å². The molecule has 34 heavy (non-hydrogen) atoms. The zero-order valence-corrected chi connectivity index (χ0v) is 22.0. The number of allylic oxidation sites excluding steroid dienone is 1. The van der Waals surface area contributed by atoms with Crippen molar-refractivity contribution in [3.8, 4) is 0 Å². The third kappa shape index (κ3) is 11.5. The molecule has 1 aromatic carbocycles. The van der Waals surface area contributed by atoms with Gasteiger partial charge in [0, 0.05) is 18.6 Å².